The van der Waals surface area contributed by atoms with Crippen molar-refractivity contribution in [2.45, 2.75) is 32.5 Å². The predicted octanol–water partition coefficient (Wildman–Crippen LogP) is 5.16. The predicted molar refractivity (Wildman–Crippen MR) is 96.4 cm³/mol. The van der Waals surface area contributed by atoms with E-state index >= 15 is 0 Å². The third-order valence-electron chi connectivity index (χ3n) is 4.02. The van der Waals surface area contributed by atoms with Gasteiger partial charge in [0.05, 0.1) is 17.8 Å². The second-order valence-corrected chi connectivity index (χ2v) is 7.16. The molecule has 0 saturated heterocycles. The number of hydrogen-bond acceptors (Lipinski definition) is 3. The largest absolute Gasteiger partial charge is 0.417 e. The number of halogens is 3. The molecule has 0 saturated carbocycles. The second kappa shape index (κ2) is 7.07. The van der Waals surface area contributed by atoms with Crippen molar-refractivity contribution in [1.29, 1.82) is 0 Å². The molecule has 0 aliphatic rings. The third-order valence-corrected chi connectivity index (χ3v) is 4.96. The number of benzene rings is 1. The Labute approximate surface area is 152 Å². The first-order valence-corrected chi connectivity index (χ1v) is 8.94. The van der Waals surface area contributed by atoms with E-state index in [9.17, 15) is 18.0 Å². The normalized spacial score (nSPS) is 11.9. The van der Waals surface area contributed by atoms with E-state index in [2.05, 4.69) is 18.8 Å². The van der Waals surface area contributed by atoms with Gasteiger partial charge < -0.3 is 4.57 Å². The van der Waals surface area contributed by atoms with Gasteiger partial charge in [-0.25, -0.2) is 4.98 Å². The van der Waals surface area contributed by atoms with Gasteiger partial charge in [-0.3, -0.25) is 4.79 Å². The Balaban J connectivity index is 1.84. The summed E-state index contributed by atoms with van der Waals surface area (Å²) >= 11 is 1.40. The molecule has 3 nitrogen and oxygen atoms in total. The lowest BCUT2D eigenvalue weighted by Crippen LogP contribution is -2.22. The Kier molecular flexibility index (Phi) is 5.00. The van der Waals surface area contributed by atoms with Gasteiger partial charge in [0.1, 0.15) is 5.01 Å². The maximum atomic E-state index is 12.8. The number of pyridine rings is 1. The molecule has 0 unspecified atom stereocenters. The van der Waals surface area contributed by atoms with Gasteiger partial charge in [0.2, 0.25) is 0 Å². The van der Waals surface area contributed by atoms with Crippen molar-refractivity contribution in [3.8, 4) is 10.6 Å². The fourth-order valence-corrected chi connectivity index (χ4v) is 3.34. The highest BCUT2D eigenvalue weighted by Gasteiger charge is 2.31. The molecular weight excluding hydrogens is 361 g/mol. The van der Waals surface area contributed by atoms with Crippen molar-refractivity contribution >= 4 is 11.3 Å². The molecule has 0 atom stereocenters. The van der Waals surface area contributed by atoms with Crippen LogP contribution in [0, 0.1) is 0 Å². The molecule has 26 heavy (non-hydrogen) atoms. The molecule has 7 heteroatoms. The Morgan fingerprint density at radius 3 is 2.42 bits per heavy atom. The van der Waals surface area contributed by atoms with Gasteiger partial charge in [-0.1, -0.05) is 38.1 Å². The van der Waals surface area contributed by atoms with Crippen LogP contribution in [0.15, 0.2) is 52.8 Å². The summed E-state index contributed by atoms with van der Waals surface area (Å²) in [6, 6.07) is 9.77. The SMILES string of the molecule is CC(C)c1ccc(-c2nc(Cn3cc(C(F)(F)F)ccc3=O)cs2)cc1. The molecule has 0 radical (unpaired) electrons. The molecule has 0 amide bonds. The summed E-state index contributed by atoms with van der Waals surface area (Å²) in [5, 5.41) is 2.54. The van der Waals surface area contributed by atoms with E-state index in [-0.39, 0.29) is 6.54 Å². The first-order valence-electron chi connectivity index (χ1n) is 8.06. The highest BCUT2D eigenvalue weighted by Crippen LogP contribution is 2.29. The van der Waals surface area contributed by atoms with E-state index in [1.807, 2.05) is 24.3 Å². The Hall–Kier alpha value is -2.41. The van der Waals surface area contributed by atoms with Gasteiger partial charge in [-0.05, 0) is 17.5 Å². The maximum absolute atomic E-state index is 12.8. The smallest absolute Gasteiger partial charge is 0.309 e. The van der Waals surface area contributed by atoms with Crippen molar-refractivity contribution in [1.82, 2.24) is 9.55 Å². The average molecular weight is 378 g/mol. The minimum atomic E-state index is -4.49. The molecule has 1 aromatic carbocycles. The Bertz CT molecular complexity index is 956. The van der Waals surface area contributed by atoms with Crippen molar-refractivity contribution in [3.05, 3.63) is 75.1 Å². The van der Waals surface area contributed by atoms with E-state index in [4.69, 9.17) is 0 Å². The van der Waals surface area contributed by atoms with Crippen LogP contribution >= 0.6 is 11.3 Å². The van der Waals surface area contributed by atoms with E-state index in [0.717, 1.165) is 33.5 Å². The lowest BCUT2D eigenvalue weighted by Gasteiger charge is -2.09. The van der Waals surface area contributed by atoms with Gasteiger partial charge >= 0.3 is 6.18 Å². The van der Waals surface area contributed by atoms with Crippen LogP contribution in [0.2, 0.25) is 0 Å². The zero-order valence-electron chi connectivity index (χ0n) is 14.2. The van der Waals surface area contributed by atoms with Crippen molar-refractivity contribution in [2.75, 3.05) is 0 Å². The highest BCUT2D eigenvalue weighted by molar-refractivity contribution is 7.13. The number of nitrogens with zero attached hydrogens (tertiary/aromatic N) is 2. The summed E-state index contributed by atoms with van der Waals surface area (Å²) in [6.45, 7) is 4.23. The third kappa shape index (κ3) is 4.04. The lowest BCUT2D eigenvalue weighted by atomic mass is 10.0. The average Bonchev–Trinajstić information content (AvgIpc) is 3.04. The molecule has 3 aromatic rings. The molecular formula is C19H17F3N2OS. The number of alkyl halides is 3. The zero-order chi connectivity index (χ0) is 18.9. The lowest BCUT2D eigenvalue weighted by molar-refractivity contribution is -0.138. The molecule has 3 rings (SSSR count). The van der Waals surface area contributed by atoms with Crippen molar-refractivity contribution in [2.24, 2.45) is 0 Å². The summed E-state index contributed by atoms with van der Waals surface area (Å²) in [7, 11) is 0. The summed E-state index contributed by atoms with van der Waals surface area (Å²) in [5.74, 6) is 0.434. The van der Waals surface area contributed by atoms with Crippen LogP contribution in [-0.2, 0) is 12.7 Å². The molecule has 0 aliphatic carbocycles. The van der Waals surface area contributed by atoms with E-state index < -0.39 is 17.3 Å². The van der Waals surface area contributed by atoms with Gasteiger partial charge in [-0.15, -0.1) is 11.3 Å². The van der Waals surface area contributed by atoms with Crippen LogP contribution in [0.4, 0.5) is 13.2 Å². The molecule has 0 N–H and O–H groups in total. The van der Waals surface area contributed by atoms with E-state index in [0.29, 0.717) is 11.6 Å². The molecule has 0 bridgehead atoms. The zero-order valence-corrected chi connectivity index (χ0v) is 15.1. The van der Waals surface area contributed by atoms with Gasteiger partial charge in [0.25, 0.3) is 5.56 Å². The first kappa shape index (κ1) is 18.4. The van der Waals surface area contributed by atoms with Crippen LogP contribution in [-0.4, -0.2) is 9.55 Å². The van der Waals surface area contributed by atoms with Crippen molar-refractivity contribution in [3.63, 3.8) is 0 Å². The van der Waals surface area contributed by atoms with Crippen LogP contribution in [0.25, 0.3) is 10.6 Å². The molecule has 0 spiro atoms. The Morgan fingerprint density at radius 2 is 1.81 bits per heavy atom. The minimum Gasteiger partial charge on any atom is -0.309 e. The highest BCUT2D eigenvalue weighted by atomic mass is 32.1. The fraction of sp³-hybridized carbons (Fsp3) is 0.263. The van der Waals surface area contributed by atoms with E-state index in [1.165, 1.54) is 16.9 Å². The van der Waals surface area contributed by atoms with Gasteiger partial charge in [0, 0.05) is 23.2 Å². The fourth-order valence-electron chi connectivity index (χ4n) is 2.52. The number of rotatable bonds is 4. The van der Waals surface area contributed by atoms with Crippen LogP contribution in [0.1, 0.15) is 36.6 Å². The van der Waals surface area contributed by atoms with Gasteiger partial charge in [-0.2, -0.15) is 13.2 Å². The number of aromatic nitrogens is 2. The monoisotopic (exact) mass is 378 g/mol. The topological polar surface area (TPSA) is 34.9 Å². The van der Waals surface area contributed by atoms with Crippen LogP contribution < -0.4 is 5.56 Å². The number of thiazole rings is 1. The minimum absolute atomic E-state index is 0.00330. The quantitative estimate of drug-likeness (QED) is 0.628. The maximum Gasteiger partial charge on any atom is 0.417 e. The van der Waals surface area contributed by atoms with Crippen LogP contribution in [0.5, 0.6) is 0 Å². The summed E-state index contributed by atoms with van der Waals surface area (Å²) in [5.41, 5.74) is 1.38. The Morgan fingerprint density at radius 1 is 1.12 bits per heavy atom. The first-order chi connectivity index (χ1) is 12.2. The standard InChI is InChI=1S/C19H17F3N2OS/c1-12(2)13-3-5-14(6-4-13)18-23-16(11-26-18)10-24-9-15(19(20,21)22)7-8-17(24)25/h3-9,11-12H,10H2,1-2H3. The molecule has 0 aliphatic heterocycles. The van der Waals surface area contributed by atoms with Crippen molar-refractivity contribution < 1.29 is 13.2 Å². The van der Waals surface area contributed by atoms with E-state index in [1.54, 1.807) is 5.38 Å². The summed E-state index contributed by atoms with van der Waals surface area (Å²) in [4.78, 5) is 16.3. The molecule has 2 heterocycles. The molecule has 136 valence electrons. The second-order valence-electron chi connectivity index (χ2n) is 6.30. The summed E-state index contributed by atoms with van der Waals surface area (Å²) in [6.07, 6.45) is -3.65. The molecule has 0 fully saturated rings. The number of hydrogen-bond donors (Lipinski definition) is 0. The van der Waals surface area contributed by atoms with Crippen LogP contribution in [0.3, 0.4) is 0 Å². The molecule has 2 aromatic heterocycles. The van der Waals surface area contributed by atoms with Gasteiger partial charge in [0.15, 0.2) is 0 Å². The summed E-state index contributed by atoms with van der Waals surface area (Å²) < 4.78 is 39.5.